The topological polar surface area (TPSA) is 40.5 Å². The summed E-state index contributed by atoms with van der Waals surface area (Å²) >= 11 is 0. The van der Waals surface area contributed by atoms with Crippen LogP contribution in [0, 0.1) is 17.4 Å². The van der Waals surface area contributed by atoms with Crippen molar-refractivity contribution in [3.8, 4) is 11.5 Å². The van der Waals surface area contributed by atoms with Gasteiger partial charge in [-0.15, -0.1) is 5.54 Å². The summed E-state index contributed by atoms with van der Waals surface area (Å²) in [7, 11) is -3.43. The second kappa shape index (κ2) is 5.56. The van der Waals surface area contributed by atoms with Crippen LogP contribution in [0.25, 0.3) is 0 Å². The van der Waals surface area contributed by atoms with Crippen molar-refractivity contribution in [3.63, 3.8) is 0 Å². The van der Waals surface area contributed by atoms with Gasteiger partial charge in [0.1, 0.15) is 8.07 Å². The fourth-order valence-electron chi connectivity index (χ4n) is 2.41. The third kappa shape index (κ3) is 3.61. The molecule has 0 radical (unpaired) electrons. The van der Waals surface area contributed by atoms with Crippen molar-refractivity contribution in [3.05, 3.63) is 0 Å². The SMILES string of the molecule is C[C@@H](O)[C@@H]1C(=O)N([Si](C)(C)C(C)(C)C)[C@@H]1C#C[Si](C)(C)C. The molecule has 0 bridgehead atoms. The number of amides is 1. The van der Waals surface area contributed by atoms with Crippen molar-refractivity contribution >= 4 is 22.2 Å². The van der Waals surface area contributed by atoms with E-state index in [9.17, 15) is 9.90 Å². The standard InChI is InChI=1S/C16H31NO2Si2/c1-12(18)14-13(10-11-20(5,6)7)17(15(14)19)21(8,9)16(2,3)4/h12-14,18H,1-9H3/t12-,13-,14+/m1/s1. The number of rotatable bonds is 2. The van der Waals surface area contributed by atoms with Gasteiger partial charge in [0.15, 0.2) is 8.24 Å². The molecule has 1 rings (SSSR count). The summed E-state index contributed by atoms with van der Waals surface area (Å²) in [5.41, 5.74) is 3.39. The lowest BCUT2D eigenvalue weighted by Crippen LogP contribution is -2.74. The van der Waals surface area contributed by atoms with Crippen LogP contribution in [0.4, 0.5) is 0 Å². The molecule has 120 valence electrons. The van der Waals surface area contributed by atoms with Crippen molar-refractivity contribution < 1.29 is 9.90 Å². The fourth-order valence-corrected chi connectivity index (χ4v) is 5.33. The Labute approximate surface area is 132 Å². The predicted octanol–water partition coefficient (Wildman–Crippen LogP) is 3.08. The van der Waals surface area contributed by atoms with E-state index in [0.717, 1.165) is 0 Å². The summed E-state index contributed by atoms with van der Waals surface area (Å²) in [6.07, 6.45) is -0.626. The third-order valence-electron chi connectivity index (χ3n) is 4.69. The Kier molecular flexibility index (Phi) is 4.89. The summed E-state index contributed by atoms with van der Waals surface area (Å²) in [5, 5.41) is 10.0. The highest BCUT2D eigenvalue weighted by Gasteiger charge is 2.58. The maximum atomic E-state index is 12.6. The zero-order valence-electron chi connectivity index (χ0n) is 15.0. The van der Waals surface area contributed by atoms with E-state index in [0.29, 0.717) is 0 Å². The Morgan fingerprint density at radius 1 is 1.19 bits per heavy atom. The van der Waals surface area contributed by atoms with Crippen LogP contribution in [0.5, 0.6) is 0 Å². The van der Waals surface area contributed by atoms with E-state index in [4.69, 9.17) is 0 Å². The molecule has 0 saturated carbocycles. The third-order valence-corrected chi connectivity index (χ3v) is 11.0. The Morgan fingerprint density at radius 3 is 2.00 bits per heavy atom. The molecular formula is C16H31NO2Si2. The zero-order valence-corrected chi connectivity index (χ0v) is 17.0. The van der Waals surface area contributed by atoms with Crippen molar-refractivity contribution in [1.82, 2.24) is 4.57 Å². The smallest absolute Gasteiger partial charge is 0.224 e. The van der Waals surface area contributed by atoms with Crippen LogP contribution in [0.1, 0.15) is 27.7 Å². The first-order chi connectivity index (χ1) is 9.20. The van der Waals surface area contributed by atoms with Crippen LogP contribution < -0.4 is 0 Å². The number of hydrogen-bond donors (Lipinski definition) is 1. The molecule has 0 aliphatic carbocycles. The van der Waals surface area contributed by atoms with E-state index in [1.165, 1.54) is 0 Å². The summed E-state index contributed by atoms with van der Waals surface area (Å²) in [6, 6.07) is -0.106. The molecule has 1 N–H and O–H groups in total. The number of aliphatic hydroxyl groups excluding tert-OH is 1. The number of nitrogens with zero attached hydrogens (tertiary/aromatic N) is 1. The molecule has 0 aromatic heterocycles. The molecule has 1 saturated heterocycles. The van der Waals surface area contributed by atoms with E-state index in [-0.39, 0.29) is 22.9 Å². The molecule has 1 heterocycles. The van der Waals surface area contributed by atoms with Crippen LogP contribution in [-0.4, -0.2) is 44.0 Å². The van der Waals surface area contributed by atoms with Gasteiger partial charge in [0.2, 0.25) is 5.91 Å². The first-order valence-electron chi connectivity index (χ1n) is 7.74. The first kappa shape index (κ1) is 18.5. The number of carbonyl (C=O) groups is 1. The summed E-state index contributed by atoms with van der Waals surface area (Å²) in [5.74, 6) is 3.09. The van der Waals surface area contributed by atoms with Crippen molar-refractivity contribution in [2.24, 2.45) is 5.92 Å². The predicted molar refractivity (Wildman–Crippen MR) is 94.1 cm³/mol. The van der Waals surface area contributed by atoms with Gasteiger partial charge in [-0.25, -0.2) is 0 Å². The first-order valence-corrected chi connectivity index (χ1v) is 14.2. The number of hydrogen-bond acceptors (Lipinski definition) is 2. The van der Waals surface area contributed by atoms with Crippen LogP contribution in [-0.2, 0) is 4.79 Å². The second-order valence-corrected chi connectivity index (χ2v) is 18.6. The molecule has 5 heteroatoms. The van der Waals surface area contributed by atoms with E-state index in [1.807, 2.05) is 4.57 Å². The van der Waals surface area contributed by atoms with Gasteiger partial charge in [-0.2, -0.15) is 0 Å². The highest BCUT2D eigenvalue weighted by atomic mass is 28.3. The van der Waals surface area contributed by atoms with Crippen molar-refractivity contribution in [2.45, 2.75) is 77.6 Å². The molecular weight excluding hydrogens is 294 g/mol. The molecule has 1 amide bonds. The molecule has 1 aliphatic rings. The monoisotopic (exact) mass is 325 g/mol. The zero-order chi connectivity index (χ0) is 16.8. The highest BCUT2D eigenvalue weighted by molar-refractivity contribution is 6.84. The van der Waals surface area contributed by atoms with E-state index in [2.05, 4.69) is 65.0 Å². The minimum absolute atomic E-state index is 0.0887. The quantitative estimate of drug-likeness (QED) is 0.481. The van der Waals surface area contributed by atoms with E-state index in [1.54, 1.807) is 6.92 Å². The molecule has 0 spiro atoms. The molecule has 0 aromatic rings. The molecule has 1 fully saturated rings. The lowest BCUT2D eigenvalue weighted by Gasteiger charge is -2.57. The van der Waals surface area contributed by atoms with Gasteiger partial charge in [0, 0.05) is 0 Å². The van der Waals surface area contributed by atoms with Crippen molar-refractivity contribution in [1.29, 1.82) is 0 Å². The lowest BCUT2D eigenvalue weighted by atomic mass is 9.86. The molecule has 3 atom stereocenters. The molecule has 1 aliphatic heterocycles. The van der Waals surface area contributed by atoms with Gasteiger partial charge in [-0.1, -0.05) is 59.4 Å². The Hall–Kier alpha value is -0.576. The van der Waals surface area contributed by atoms with Crippen LogP contribution in [0.2, 0.25) is 37.8 Å². The van der Waals surface area contributed by atoms with Gasteiger partial charge in [-0.05, 0) is 12.0 Å². The van der Waals surface area contributed by atoms with Crippen LogP contribution >= 0.6 is 0 Å². The molecule has 3 nitrogen and oxygen atoms in total. The Bertz CT molecular complexity index is 475. The fraction of sp³-hybridized carbons (Fsp3) is 0.812. The Balaban J connectivity index is 3.19. The average Bonchev–Trinajstić information content (AvgIpc) is 2.19. The maximum Gasteiger partial charge on any atom is 0.224 e. The summed E-state index contributed by atoms with van der Waals surface area (Å²) < 4.78 is 2.03. The van der Waals surface area contributed by atoms with Gasteiger partial charge >= 0.3 is 0 Å². The number of carbonyl (C=O) groups excluding carboxylic acids is 1. The van der Waals surface area contributed by atoms with Crippen LogP contribution in [0.3, 0.4) is 0 Å². The second-order valence-electron chi connectivity index (χ2n) is 8.75. The minimum atomic E-state index is -1.95. The molecule has 0 unspecified atom stereocenters. The van der Waals surface area contributed by atoms with Gasteiger partial charge in [0.25, 0.3) is 0 Å². The number of β-lactam (4-membered cyclic amide) rings is 1. The summed E-state index contributed by atoms with van der Waals surface area (Å²) in [6.45, 7) is 19.4. The van der Waals surface area contributed by atoms with Crippen molar-refractivity contribution in [2.75, 3.05) is 0 Å². The van der Waals surface area contributed by atoms with E-state index >= 15 is 0 Å². The number of aliphatic hydroxyl groups is 1. The average molecular weight is 326 g/mol. The normalized spacial score (nSPS) is 25.0. The van der Waals surface area contributed by atoms with Gasteiger partial charge < -0.3 is 9.67 Å². The molecule has 0 aromatic carbocycles. The van der Waals surface area contributed by atoms with Gasteiger partial charge in [0.05, 0.1) is 18.1 Å². The Morgan fingerprint density at radius 2 is 1.67 bits per heavy atom. The minimum Gasteiger partial charge on any atom is -0.392 e. The van der Waals surface area contributed by atoms with E-state index < -0.39 is 22.4 Å². The molecule has 21 heavy (non-hydrogen) atoms. The summed E-state index contributed by atoms with van der Waals surface area (Å²) in [4.78, 5) is 12.6. The van der Waals surface area contributed by atoms with Gasteiger partial charge in [-0.3, -0.25) is 4.79 Å². The largest absolute Gasteiger partial charge is 0.392 e. The lowest BCUT2D eigenvalue weighted by molar-refractivity contribution is -0.151. The highest BCUT2D eigenvalue weighted by Crippen LogP contribution is 2.45. The van der Waals surface area contributed by atoms with Crippen LogP contribution in [0.15, 0.2) is 0 Å². The maximum absolute atomic E-state index is 12.6.